The molecule has 1 aromatic heterocycles. The van der Waals surface area contributed by atoms with E-state index in [1.165, 1.54) is 42.7 Å². The fraction of sp³-hybridized carbons (Fsp3) is 0.125. The number of pyridine rings is 1. The van der Waals surface area contributed by atoms with Gasteiger partial charge in [-0.1, -0.05) is 6.07 Å². The molecule has 1 aliphatic rings. The first kappa shape index (κ1) is 23.2. The molecule has 4 rings (SSSR count). The smallest absolute Gasteiger partial charge is 0.251 e. The second-order valence-corrected chi connectivity index (χ2v) is 8.86. The molecule has 7 nitrogen and oxygen atoms in total. The lowest BCUT2D eigenvalue weighted by atomic mass is 10.0. The zero-order valence-electron chi connectivity index (χ0n) is 18.2. The first-order valence-corrected chi connectivity index (χ1v) is 11.2. The summed E-state index contributed by atoms with van der Waals surface area (Å²) in [5.41, 5.74) is 1.77. The van der Waals surface area contributed by atoms with Gasteiger partial charge in [-0.15, -0.1) is 0 Å². The van der Waals surface area contributed by atoms with E-state index < -0.39 is 34.3 Å². The van der Waals surface area contributed by atoms with E-state index in [0.717, 1.165) is 17.7 Å². The first-order valence-electron chi connectivity index (χ1n) is 10.1. The average Bonchev–Trinajstić information content (AvgIpc) is 2.85. The highest BCUT2D eigenvalue weighted by Gasteiger charge is 2.32. The molecule has 2 aromatic carbocycles. The molecule has 174 valence electrons. The Bertz CT molecular complexity index is 1360. The van der Waals surface area contributed by atoms with Crippen molar-refractivity contribution >= 4 is 34.4 Å². The van der Waals surface area contributed by atoms with Crippen molar-refractivity contribution in [2.75, 3.05) is 18.5 Å². The number of anilines is 1. The molecule has 0 saturated heterocycles. The van der Waals surface area contributed by atoms with Gasteiger partial charge in [0.1, 0.15) is 4.91 Å². The molecule has 1 aliphatic heterocycles. The highest BCUT2D eigenvalue weighted by molar-refractivity contribution is 7.91. The molecule has 0 saturated carbocycles. The maximum Gasteiger partial charge on any atom is 0.251 e. The normalized spacial score (nSPS) is 16.4. The number of benzene rings is 2. The maximum absolute atomic E-state index is 13.6. The van der Waals surface area contributed by atoms with Crippen molar-refractivity contribution in [1.82, 2.24) is 10.3 Å². The summed E-state index contributed by atoms with van der Waals surface area (Å²) < 4.78 is 46.2. The summed E-state index contributed by atoms with van der Waals surface area (Å²) in [7, 11) is 1.17. The Morgan fingerprint density at radius 2 is 1.94 bits per heavy atom. The summed E-state index contributed by atoms with van der Waals surface area (Å²) >= 11 is 0. The van der Waals surface area contributed by atoms with E-state index in [9.17, 15) is 22.6 Å². The van der Waals surface area contributed by atoms with Crippen molar-refractivity contribution in [2.45, 2.75) is 6.54 Å². The number of ketones is 1. The third kappa shape index (κ3) is 4.58. The number of carbonyl (C=O) groups is 2. The molecular weight excluding hydrogens is 464 g/mol. The molecular formula is C24H19F2N3O4S. The number of ether oxygens (including phenoxy) is 1. The Balaban J connectivity index is 1.61. The van der Waals surface area contributed by atoms with Crippen molar-refractivity contribution in [2.24, 2.45) is 0 Å². The Kier molecular flexibility index (Phi) is 6.51. The third-order valence-electron chi connectivity index (χ3n) is 5.21. The van der Waals surface area contributed by atoms with Gasteiger partial charge in [0, 0.05) is 37.0 Å². The second-order valence-electron chi connectivity index (χ2n) is 7.38. The van der Waals surface area contributed by atoms with E-state index >= 15 is 0 Å². The fourth-order valence-electron chi connectivity index (χ4n) is 3.41. The molecule has 0 radical (unpaired) electrons. The monoisotopic (exact) mass is 483 g/mol. The van der Waals surface area contributed by atoms with Crippen LogP contribution in [-0.4, -0.2) is 35.0 Å². The lowest BCUT2D eigenvalue weighted by Crippen LogP contribution is -2.32. The van der Waals surface area contributed by atoms with Crippen LogP contribution >= 0.6 is 0 Å². The largest absolute Gasteiger partial charge is 0.481 e. The molecule has 34 heavy (non-hydrogen) atoms. The number of nitrogens with one attached hydrogen (secondary N) is 1. The zero-order valence-corrected chi connectivity index (χ0v) is 19.0. The first-order chi connectivity index (χ1) is 16.3. The molecule has 1 atom stereocenters. The summed E-state index contributed by atoms with van der Waals surface area (Å²) in [5, 5.41) is 2.77. The number of fused-ring (bicyclic) bond motifs is 1. The lowest BCUT2D eigenvalue weighted by molar-refractivity contribution is 0.0951. The molecule has 1 unspecified atom stereocenters. The van der Waals surface area contributed by atoms with E-state index in [0.29, 0.717) is 11.6 Å². The van der Waals surface area contributed by atoms with Crippen LogP contribution in [0.2, 0.25) is 0 Å². The van der Waals surface area contributed by atoms with Gasteiger partial charge in [0.2, 0.25) is 11.7 Å². The molecule has 0 fully saturated rings. The Labute approximate surface area is 196 Å². The SMILES string of the molecule is COc1cc(CNC(=O)c2ccc3c(c2)C(=O)/C(=C/c2ccc(F)c(F)c2)S(=O)N3C)ccn1. The van der Waals surface area contributed by atoms with Gasteiger partial charge in [0.15, 0.2) is 22.6 Å². The van der Waals surface area contributed by atoms with Gasteiger partial charge >= 0.3 is 0 Å². The number of carbonyl (C=O) groups excluding carboxylic acids is 2. The summed E-state index contributed by atoms with van der Waals surface area (Å²) in [5.74, 6) is -2.66. The van der Waals surface area contributed by atoms with Crippen LogP contribution in [0, 0.1) is 11.6 Å². The van der Waals surface area contributed by atoms with Crippen LogP contribution in [0.4, 0.5) is 14.5 Å². The minimum absolute atomic E-state index is 0.109. The molecule has 1 amide bonds. The van der Waals surface area contributed by atoms with Gasteiger partial charge in [-0.2, -0.15) is 0 Å². The molecule has 0 aliphatic carbocycles. The minimum atomic E-state index is -1.87. The van der Waals surface area contributed by atoms with E-state index in [4.69, 9.17) is 4.74 Å². The topological polar surface area (TPSA) is 88.6 Å². The van der Waals surface area contributed by atoms with Crippen LogP contribution in [0.1, 0.15) is 31.8 Å². The van der Waals surface area contributed by atoms with Gasteiger partial charge in [0.25, 0.3) is 5.91 Å². The van der Waals surface area contributed by atoms with Gasteiger partial charge in [-0.3, -0.25) is 13.9 Å². The molecule has 0 spiro atoms. The predicted molar refractivity (Wildman–Crippen MR) is 124 cm³/mol. The Morgan fingerprint density at radius 1 is 1.15 bits per heavy atom. The standard InChI is InChI=1S/C24H19F2N3O4S/c1-29-20-6-4-16(24(31)28-13-15-7-8-27-22(11-15)33-2)12-17(20)23(30)21(34(29)32)10-14-3-5-18(25)19(26)9-14/h3-12H,13H2,1-2H3,(H,28,31)/b21-10-. The van der Waals surface area contributed by atoms with Crippen LogP contribution in [-0.2, 0) is 17.5 Å². The third-order valence-corrected chi connectivity index (χ3v) is 6.58. The van der Waals surface area contributed by atoms with Gasteiger partial charge < -0.3 is 10.1 Å². The average molecular weight is 483 g/mol. The van der Waals surface area contributed by atoms with E-state index in [-0.39, 0.29) is 28.1 Å². The van der Waals surface area contributed by atoms with Crippen molar-refractivity contribution in [3.05, 3.63) is 93.5 Å². The quantitative estimate of drug-likeness (QED) is 0.560. The highest BCUT2D eigenvalue weighted by Crippen LogP contribution is 2.33. The molecule has 1 N–H and O–H groups in total. The summed E-state index contributed by atoms with van der Waals surface area (Å²) in [6.45, 7) is 0.216. The van der Waals surface area contributed by atoms with Gasteiger partial charge in [-0.25, -0.2) is 18.0 Å². The summed E-state index contributed by atoms with van der Waals surface area (Å²) in [4.78, 5) is 29.8. The number of nitrogens with zero attached hydrogens (tertiary/aromatic N) is 2. The van der Waals surface area contributed by atoms with Crippen LogP contribution in [0.5, 0.6) is 5.88 Å². The van der Waals surface area contributed by atoms with E-state index in [1.807, 2.05) is 0 Å². The maximum atomic E-state index is 13.6. The van der Waals surface area contributed by atoms with Crippen molar-refractivity contribution < 1.29 is 27.3 Å². The second kappa shape index (κ2) is 9.52. The number of allylic oxidation sites excluding steroid dienone is 1. The Hall–Kier alpha value is -3.92. The van der Waals surface area contributed by atoms with Crippen LogP contribution in [0.3, 0.4) is 0 Å². The van der Waals surface area contributed by atoms with Crippen LogP contribution < -0.4 is 14.4 Å². The molecule has 3 aromatic rings. The van der Waals surface area contributed by atoms with Gasteiger partial charge in [0.05, 0.1) is 12.8 Å². The summed E-state index contributed by atoms with van der Waals surface area (Å²) in [6.07, 6.45) is 2.82. The predicted octanol–water partition coefficient (Wildman–Crippen LogP) is 3.64. The van der Waals surface area contributed by atoms with Crippen LogP contribution in [0.15, 0.2) is 59.6 Å². The number of rotatable bonds is 5. The molecule has 10 heteroatoms. The van der Waals surface area contributed by atoms with E-state index in [1.54, 1.807) is 24.4 Å². The van der Waals surface area contributed by atoms with Crippen molar-refractivity contribution in [1.29, 1.82) is 0 Å². The Morgan fingerprint density at radius 3 is 2.68 bits per heavy atom. The lowest BCUT2D eigenvalue weighted by Gasteiger charge is -2.27. The van der Waals surface area contributed by atoms with Crippen molar-refractivity contribution in [3.63, 3.8) is 0 Å². The number of hydrogen-bond acceptors (Lipinski definition) is 5. The number of amides is 1. The number of methoxy groups -OCH3 is 1. The number of Topliss-reactive ketones (excluding diaryl/α,β-unsaturated/α-hetero) is 1. The van der Waals surface area contributed by atoms with Gasteiger partial charge in [-0.05, 0) is 53.6 Å². The van der Waals surface area contributed by atoms with Crippen molar-refractivity contribution in [3.8, 4) is 5.88 Å². The summed E-state index contributed by atoms with van der Waals surface area (Å²) in [6, 6.07) is 11.1. The van der Waals surface area contributed by atoms with Crippen LogP contribution in [0.25, 0.3) is 6.08 Å². The number of halogens is 2. The minimum Gasteiger partial charge on any atom is -0.481 e. The number of hydrogen-bond donors (Lipinski definition) is 1. The zero-order chi connectivity index (χ0) is 24.4. The molecule has 0 bridgehead atoms. The fourth-order valence-corrected chi connectivity index (χ4v) is 4.55. The highest BCUT2D eigenvalue weighted by atomic mass is 32.2. The number of aromatic nitrogens is 1. The van der Waals surface area contributed by atoms with E-state index in [2.05, 4.69) is 10.3 Å². The molecule has 2 heterocycles.